The summed E-state index contributed by atoms with van der Waals surface area (Å²) in [5.41, 5.74) is 0. The summed E-state index contributed by atoms with van der Waals surface area (Å²) in [7, 11) is 0. The predicted octanol–water partition coefficient (Wildman–Crippen LogP) is 4.18. The Morgan fingerprint density at radius 3 is 2.12 bits per heavy atom. The number of carbonyl (C=O) groups is 1. The molecule has 0 unspecified atom stereocenters. The van der Waals surface area contributed by atoms with E-state index in [4.69, 9.17) is 4.74 Å². The minimum Gasteiger partial charge on any atom is -0.498 e. The van der Waals surface area contributed by atoms with E-state index in [1.54, 1.807) is 0 Å². The summed E-state index contributed by atoms with van der Waals surface area (Å²) >= 11 is 0. The lowest BCUT2D eigenvalue weighted by Crippen LogP contribution is -1.92. The van der Waals surface area contributed by atoms with E-state index in [2.05, 4.69) is 11.7 Å². The maximum atomic E-state index is 10.4. The van der Waals surface area contributed by atoms with Crippen molar-refractivity contribution in [3.8, 4) is 0 Å². The lowest BCUT2D eigenvalue weighted by Gasteiger charge is -2.01. The monoisotopic (exact) mass is 242 g/mol. The van der Waals surface area contributed by atoms with Crippen molar-refractivity contribution in [2.24, 2.45) is 0 Å². The fraction of sp³-hybridized carbons (Fsp3) is 0.786. The molecule has 0 aromatic carbocycles. The lowest BCUT2D eigenvalue weighted by atomic mass is 10.1. The van der Waals surface area contributed by atoms with Crippen LogP contribution in [-0.2, 0) is 14.3 Å². The molecule has 0 aliphatic carbocycles. The Morgan fingerprint density at radius 1 is 0.941 bits per heavy atom. The molecule has 0 bridgehead atoms. The first-order valence-electron chi connectivity index (χ1n) is 6.71. The first-order chi connectivity index (χ1) is 8.27. The van der Waals surface area contributed by atoms with Crippen LogP contribution in [0.5, 0.6) is 0 Å². The summed E-state index contributed by atoms with van der Waals surface area (Å²) in [6.45, 7) is 4.30. The Hall–Kier alpha value is -0.990. The van der Waals surface area contributed by atoms with Crippen LogP contribution in [0.3, 0.4) is 0 Å². The van der Waals surface area contributed by atoms with Gasteiger partial charge in [-0.3, -0.25) is 4.79 Å². The van der Waals surface area contributed by atoms with Crippen LogP contribution in [0.15, 0.2) is 12.5 Å². The molecule has 0 amide bonds. The number of unbranched alkanes of at least 4 members (excludes halogenated alkanes) is 7. The molecule has 100 valence electrons. The molecular weight excluding hydrogens is 216 g/mol. The Labute approximate surface area is 105 Å². The quantitative estimate of drug-likeness (QED) is 0.310. The van der Waals surface area contributed by atoms with Gasteiger partial charge in [-0.2, -0.15) is 0 Å². The SMILES string of the molecule is CCCCCCCCCCO/C=C\OC(C)=O. The average molecular weight is 242 g/mol. The van der Waals surface area contributed by atoms with Gasteiger partial charge in [0.1, 0.15) is 12.5 Å². The zero-order valence-corrected chi connectivity index (χ0v) is 11.2. The van der Waals surface area contributed by atoms with E-state index in [1.807, 2.05) is 0 Å². The summed E-state index contributed by atoms with van der Waals surface area (Å²) in [5.74, 6) is -0.322. The van der Waals surface area contributed by atoms with Gasteiger partial charge in [0.05, 0.1) is 6.61 Å². The molecule has 3 nitrogen and oxygen atoms in total. The molecule has 0 aliphatic rings. The van der Waals surface area contributed by atoms with Gasteiger partial charge in [0, 0.05) is 6.92 Å². The zero-order chi connectivity index (χ0) is 12.8. The smallest absolute Gasteiger partial charge is 0.307 e. The molecule has 0 heterocycles. The summed E-state index contributed by atoms with van der Waals surface area (Å²) in [6, 6.07) is 0. The van der Waals surface area contributed by atoms with E-state index in [9.17, 15) is 4.79 Å². The highest BCUT2D eigenvalue weighted by molar-refractivity contribution is 5.66. The molecule has 3 heteroatoms. The third-order valence-corrected chi connectivity index (χ3v) is 2.50. The van der Waals surface area contributed by atoms with E-state index in [0.717, 1.165) is 6.42 Å². The predicted molar refractivity (Wildman–Crippen MR) is 69.5 cm³/mol. The van der Waals surface area contributed by atoms with Crippen molar-refractivity contribution < 1.29 is 14.3 Å². The third-order valence-electron chi connectivity index (χ3n) is 2.50. The minimum atomic E-state index is -0.322. The molecular formula is C14H26O3. The summed E-state index contributed by atoms with van der Waals surface area (Å²) in [5, 5.41) is 0. The molecule has 0 aliphatic heterocycles. The van der Waals surface area contributed by atoms with E-state index < -0.39 is 0 Å². The maximum Gasteiger partial charge on any atom is 0.307 e. The van der Waals surface area contributed by atoms with Gasteiger partial charge in [-0.1, -0.05) is 51.9 Å². The van der Waals surface area contributed by atoms with Crippen molar-refractivity contribution in [1.82, 2.24) is 0 Å². The van der Waals surface area contributed by atoms with Crippen LogP contribution in [-0.4, -0.2) is 12.6 Å². The lowest BCUT2D eigenvalue weighted by molar-refractivity contribution is -0.135. The molecule has 0 fully saturated rings. The molecule has 0 rings (SSSR count). The molecule has 0 saturated carbocycles. The minimum absolute atomic E-state index is 0.322. The van der Waals surface area contributed by atoms with Crippen LogP contribution in [0.25, 0.3) is 0 Å². The molecule has 0 aromatic rings. The first kappa shape index (κ1) is 16.0. The van der Waals surface area contributed by atoms with Crippen molar-refractivity contribution in [1.29, 1.82) is 0 Å². The second kappa shape index (κ2) is 13.1. The summed E-state index contributed by atoms with van der Waals surface area (Å²) in [4.78, 5) is 10.4. The van der Waals surface area contributed by atoms with E-state index in [1.165, 1.54) is 64.4 Å². The molecule has 0 spiro atoms. The third kappa shape index (κ3) is 15.0. The Balaban J connectivity index is 3.03. The van der Waals surface area contributed by atoms with Gasteiger partial charge >= 0.3 is 5.97 Å². The van der Waals surface area contributed by atoms with Crippen LogP contribution >= 0.6 is 0 Å². The van der Waals surface area contributed by atoms with Crippen molar-refractivity contribution in [2.45, 2.75) is 65.2 Å². The van der Waals surface area contributed by atoms with Gasteiger partial charge in [0.2, 0.25) is 0 Å². The van der Waals surface area contributed by atoms with E-state index >= 15 is 0 Å². The first-order valence-corrected chi connectivity index (χ1v) is 6.71. The van der Waals surface area contributed by atoms with Crippen molar-refractivity contribution >= 4 is 5.97 Å². The molecule has 0 N–H and O–H groups in total. The van der Waals surface area contributed by atoms with Crippen molar-refractivity contribution in [3.63, 3.8) is 0 Å². The topological polar surface area (TPSA) is 35.5 Å². The van der Waals surface area contributed by atoms with Crippen molar-refractivity contribution in [3.05, 3.63) is 12.5 Å². The number of rotatable bonds is 11. The summed E-state index contributed by atoms with van der Waals surface area (Å²) in [6.07, 6.45) is 13.0. The number of ether oxygens (including phenoxy) is 2. The molecule has 0 saturated heterocycles. The van der Waals surface area contributed by atoms with Gasteiger partial charge in [-0.05, 0) is 6.42 Å². The zero-order valence-electron chi connectivity index (χ0n) is 11.2. The highest BCUT2D eigenvalue weighted by Crippen LogP contribution is 2.08. The fourth-order valence-electron chi connectivity index (χ4n) is 1.55. The molecule has 17 heavy (non-hydrogen) atoms. The van der Waals surface area contributed by atoms with Gasteiger partial charge in [-0.15, -0.1) is 0 Å². The van der Waals surface area contributed by atoms with E-state index in [-0.39, 0.29) is 5.97 Å². The van der Waals surface area contributed by atoms with E-state index in [0.29, 0.717) is 6.61 Å². The number of esters is 1. The van der Waals surface area contributed by atoms with Gasteiger partial charge in [-0.25, -0.2) is 0 Å². The van der Waals surface area contributed by atoms with Crippen LogP contribution in [0.4, 0.5) is 0 Å². The fourth-order valence-corrected chi connectivity index (χ4v) is 1.55. The highest BCUT2D eigenvalue weighted by Gasteiger charge is 1.91. The maximum absolute atomic E-state index is 10.4. The van der Waals surface area contributed by atoms with Gasteiger partial charge in [0.25, 0.3) is 0 Å². The van der Waals surface area contributed by atoms with Crippen molar-refractivity contribution in [2.75, 3.05) is 6.61 Å². The normalized spacial score (nSPS) is 10.7. The standard InChI is InChI=1S/C14H26O3/c1-3-4-5-6-7-8-9-10-11-16-12-13-17-14(2)15/h12-13H,3-11H2,1-2H3/b13-12-. The van der Waals surface area contributed by atoms with Crippen LogP contribution in [0.1, 0.15) is 65.2 Å². The number of carbonyl (C=O) groups excluding carboxylic acids is 1. The average Bonchev–Trinajstić information content (AvgIpc) is 2.30. The molecule has 0 aromatic heterocycles. The Bertz CT molecular complexity index is 200. The highest BCUT2D eigenvalue weighted by atomic mass is 16.5. The molecule has 0 radical (unpaired) electrons. The number of hydrogen-bond acceptors (Lipinski definition) is 3. The van der Waals surface area contributed by atoms with Gasteiger partial charge < -0.3 is 9.47 Å². The van der Waals surface area contributed by atoms with Crippen LogP contribution in [0, 0.1) is 0 Å². The molecule has 0 atom stereocenters. The van der Waals surface area contributed by atoms with Gasteiger partial charge in [0.15, 0.2) is 0 Å². The Kier molecular flexibility index (Phi) is 12.3. The van der Waals surface area contributed by atoms with Crippen LogP contribution < -0.4 is 0 Å². The largest absolute Gasteiger partial charge is 0.498 e. The summed E-state index contributed by atoms with van der Waals surface area (Å²) < 4.78 is 9.75. The second-order valence-corrected chi connectivity index (χ2v) is 4.23. The number of hydrogen-bond donors (Lipinski definition) is 0. The second-order valence-electron chi connectivity index (χ2n) is 4.23. The Morgan fingerprint density at radius 2 is 1.53 bits per heavy atom. The van der Waals surface area contributed by atoms with Crippen LogP contribution in [0.2, 0.25) is 0 Å².